The number of H-pyrrole nitrogens is 1. The Morgan fingerprint density at radius 3 is 2.02 bits per heavy atom. The van der Waals surface area contributed by atoms with Crippen molar-refractivity contribution >= 4 is 27.7 Å². The normalized spacial score (nSPS) is 11.6. The number of nitrogens with zero attached hydrogens (tertiary/aromatic N) is 2. The number of fused-ring (bicyclic) bond motifs is 3. The number of aromatic nitrogens is 2. The van der Waals surface area contributed by atoms with E-state index in [1.54, 1.807) is 6.07 Å². The number of nitrogens with two attached hydrogens (primary N) is 1. The van der Waals surface area contributed by atoms with Gasteiger partial charge in [0.15, 0.2) is 11.0 Å². The second-order valence-electron chi connectivity index (χ2n) is 9.45. The number of likely N-dealkylation sites (N-methyl/N-ethyl adjacent to an activating group) is 1. The van der Waals surface area contributed by atoms with E-state index >= 15 is 0 Å². The first-order chi connectivity index (χ1) is 20.1. The first-order valence-corrected chi connectivity index (χ1v) is 13.9. The lowest BCUT2D eigenvalue weighted by atomic mass is 10.1. The number of benzene rings is 2. The van der Waals surface area contributed by atoms with Gasteiger partial charge in [-0.05, 0) is 43.3 Å². The molecule has 222 valence electrons. The van der Waals surface area contributed by atoms with E-state index in [9.17, 15) is 4.79 Å². The molecule has 2 aromatic carbocycles. The number of nitrogens with one attached hydrogen (secondary N) is 1. The molecular weight excluding hydrogens is 528 g/mol. The monoisotopic (exact) mass is 568 g/mol. The van der Waals surface area contributed by atoms with Crippen molar-refractivity contribution in [3.05, 3.63) is 58.5 Å². The third-order valence-electron chi connectivity index (χ3n) is 6.38. The first kappa shape index (κ1) is 30.6. The number of imidazole rings is 1. The maximum Gasteiger partial charge on any atom is 0.193 e. The van der Waals surface area contributed by atoms with Crippen molar-refractivity contribution in [2.24, 2.45) is 5.73 Å². The molecule has 0 aliphatic carbocycles. The molecule has 4 rings (SSSR count). The molecule has 0 aliphatic rings. The molecule has 0 fully saturated rings. The second-order valence-corrected chi connectivity index (χ2v) is 9.45. The van der Waals surface area contributed by atoms with Crippen molar-refractivity contribution in [2.75, 3.05) is 91.1 Å². The summed E-state index contributed by atoms with van der Waals surface area (Å²) in [6, 6.07) is 13.1. The zero-order chi connectivity index (χ0) is 28.9. The van der Waals surface area contributed by atoms with Gasteiger partial charge in [0.1, 0.15) is 17.1 Å². The lowest BCUT2D eigenvalue weighted by Gasteiger charge is -2.19. The first-order valence-electron chi connectivity index (χ1n) is 13.9. The van der Waals surface area contributed by atoms with E-state index in [4.69, 9.17) is 33.8 Å². The minimum Gasteiger partial charge on any atom is -0.453 e. The van der Waals surface area contributed by atoms with Crippen LogP contribution < -0.4 is 16.1 Å². The van der Waals surface area contributed by atoms with Crippen LogP contribution in [0.3, 0.4) is 0 Å². The van der Waals surface area contributed by atoms with Crippen LogP contribution in [0.1, 0.15) is 5.82 Å². The molecule has 11 heteroatoms. The maximum atomic E-state index is 12.8. The SMILES string of the molecule is Cc1nc2c(ccc3c(=O)cc(-c4ccc(N(C)CCOCCOCCOCCOCCOCCN)cc4)oc32)[nH]1. The molecule has 0 saturated carbocycles. The molecule has 0 spiro atoms. The second kappa shape index (κ2) is 16.2. The molecule has 4 aromatic rings. The van der Waals surface area contributed by atoms with Gasteiger partial charge >= 0.3 is 0 Å². The van der Waals surface area contributed by atoms with E-state index in [1.165, 1.54) is 6.07 Å². The van der Waals surface area contributed by atoms with Gasteiger partial charge in [0.05, 0.1) is 77.0 Å². The fourth-order valence-electron chi connectivity index (χ4n) is 4.23. The van der Waals surface area contributed by atoms with E-state index in [2.05, 4.69) is 14.9 Å². The van der Waals surface area contributed by atoms with E-state index in [-0.39, 0.29) is 5.43 Å². The number of aryl methyl sites for hydroxylation is 1. The Labute approximate surface area is 239 Å². The summed E-state index contributed by atoms with van der Waals surface area (Å²) in [4.78, 5) is 22.6. The van der Waals surface area contributed by atoms with Crippen LogP contribution >= 0.6 is 0 Å². The fraction of sp³-hybridized carbons (Fsp3) is 0.467. The van der Waals surface area contributed by atoms with Gasteiger partial charge in [-0.25, -0.2) is 4.98 Å². The Bertz CT molecular complexity index is 1400. The zero-order valence-electron chi connectivity index (χ0n) is 23.9. The molecule has 2 heterocycles. The third-order valence-corrected chi connectivity index (χ3v) is 6.38. The molecule has 0 bridgehead atoms. The van der Waals surface area contributed by atoms with Crippen LogP contribution in [0.4, 0.5) is 5.69 Å². The lowest BCUT2D eigenvalue weighted by Crippen LogP contribution is -2.23. The summed E-state index contributed by atoms with van der Waals surface area (Å²) in [6.45, 7) is 8.44. The lowest BCUT2D eigenvalue weighted by molar-refractivity contribution is -0.0100. The van der Waals surface area contributed by atoms with Crippen molar-refractivity contribution in [2.45, 2.75) is 6.92 Å². The predicted octanol–water partition coefficient (Wildman–Crippen LogP) is 3.12. The van der Waals surface area contributed by atoms with Crippen LogP contribution in [0, 0.1) is 6.92 Å². The highest BCUT2D eigenvalue weighted by Crippen LogP contribution is 2.28. The third kappa shape index (κ3) is 9.09. The molecule has 0 atom stereocenters. The highest BCUT2D eigenvalue weighted by Gasteiger charge is 2.13. The molecule has 0 unspecified atom stereocenters. The molecule has 0 aliphatic heterocycles. The zero-order valence-corrected chi connectivity index (χ0v) is 23.9. The molecule has 0 saturated heterocycles. The van der Waals surface area contributed by atoms with Crippen molar-refractivity contribution in [3.8, 4) is 11.3 Å². The number of aromatic amines is 1. The maximum absolute atomic E-state index is 12.8. The van der Waals surface area contributed by atoms with Crippen molar-refractivity contribution in [1.29, 1.82) is 0 Å². The van der Waals surface area contributed by atoms with Gasteiger partial charge in [0, 0.05) is 37.5 Å². The fourth-order valence-corrected chi connectivity index (χ4v) is 4.23. The summed E-state index contributed by atoms with van der Waals surface area (Å²) in [6.07, 6.45) is 0. The Morgan fingerprint density at radius 2 is 1.41 bits per heavy atom. The number of hydrogen-bond donors (Lipinski definition) is 2. The van der Waals surface area contributed by atoms with E-state index in [1.807, 2.05) is 44.3 Å². The summed E-state index contributed by atoms with van der Waals surface area (Å²) in [5.74, 6) is 1.28. The Kier molecular flexibility index (Phi) is 12.1. The molecule has 0 radical (unpaired) electrons. The average molecular weight is 569 g/mol. The topological polar surface area (TPSA) is 134 Å². The molecule has 0 amide bonds. The van der Waals surface area contributed by atoms with Crippen LogP contribution in [0.15, 0.2) is 51.7 Å². The average Bonchev–Trinajstić information content (AvgIpc) is 3.37. The summed E-state index contributed by atoms with van der Waals surface area (Å²) >= 11 is 0. The van der Waals surface area contributed by atoms with Gasteiger partial charge in [-0.15, -0.1) is 0 Å². The van der Waals surface area contributed by atoms with Gasteiger partial charge in [0.2, 0.25) is 0 Å². The van der Waals surface area contributed by atoms with Crippen molar-refractivity contribution in [3.63, 3.8) is 0 Å². The van der Waals surface area contributed by atoms with Gasteiger partial charge < -0.3 is 43.7 Å². The standard InChI is InChI=1S/C30H40N4O7/c1-22-32-26-8-7-25-27(35)21-28(41-30(25)29(26)33-22)23-3-5-24(6-4-23)34(2)10-12-37-14-16-39-18-20-40-19-17-38-15-13-36-11-9-31/h3-8,21H,9-20,31H2,1-2H3,(H,32,33). The summed E-state index contributed by atoms with van der Waals surface area (Å²) in [5, 5.41) is 0.519. The molecule has 41 heavy (non-hydrogen) atoms. The van der Waals surface area contributed by atoms with Gasteiger partial charge in [0.25, 0.3) is 0 Å². The van der Waals surface area contributed by atoms with Crippen molar-refractivity contribution in [1.82, 2.24) is 9.97 Å². The Hall–Kier alpha value is -3.32. The number of ether oxygens (including phenoxy) is 5. The van der Waals surface area contributed by atoms with Crippen LogP contribution in [-0.2, 0) is 23.7 Å². The molecule has 3 N–H and O–H groups in total. The Balaban J connectivity index is 1.12. The van der Waals surface area contributed by atoms with Gasteiger partial charge in [-0.3, -0.25) is 4.79 Å². The van der Waals surface area contributed by atoms with Crippen LogP contribution in [-0.4, -0.2) is 96.2 Å². The quantitative estimate of drug-likeness (QED) is 0.163. The smallest absolute Gasteiger partial charge is 0.193 e. The predicted molar refractivity (Wildman–Crippen MR) is 159 cm³/mol. The van der Waals surface area contributed by atoms with E-state index in [0.717, 1.165) is 29.1 Å². The molecule has 11 nitrogen and oxygen atoms in total. The summed E-state index contributed by atoms with van der Waals surface area (Å²) in [5.41, 5.74) is 9.11. The highest BCUT2D eigenvalue weighted by atomic mass is 16.6. The molecular formula is C30H40N4O7. The van der Waals surface area contributed by atoms with Crippen LogP contribution in [0.25, 0.3) is 33.3 Å². The van der Waals surface area contributed by atoms with Gasteiger partial charge in [-0.2, -0.15) is 0 Å². The summed E-state index contributed by atoms with van der Waals surface area (Å²) in [7, 11) is 2.01. The van der Waals surface area contributed by atoms with E-state index < -0.39 is 0 Å². The highest BCUT2D eigenvalue weighted by molar-refractivity contribution is 6.00. The molecule has 2 aromatic heterocycles. The number of hydrogen-bond acceptors (Lipinski definition) is 10. The minimum absolute atomic E-state index is 0.0931. The Morgan fingerprint density at radius 1 is 0.829 bits per heavy atom. The van der Waals surface area contributed by atoms with Gasteiger partial charge in [-0.1, -0.05) is 0 Å². The van der Waals surface area contributed by atoms with Crippen LogP contribution in [0.5, 0.6) is 0 Å². The minimum atomic E-state index is -0.0931. The van der Waals surface area contributed by atoms with Crippen LogP contribution in [0.2, 0.25) is 0 Å². The van der Waals surface area contributed by atoms with Crippen molar-refractivity contribution < 1.29 is 28.1 Å². The number of rotatable bonds is 19. The summed E-state index contributed by atoms with van der Waals surface area (Å²) < 4.78 is 33.5. The number of anilines is 1. The van der Waals surface area contributed by atoms with E-state index in [0.29, 0.717) is 94.9 Å². The largest absolute Gasteiger partial charge is 0.453 e.